The van der Waals surface area contributed by atoms with Crippen molar-refractivity contribution < 1.29 is 0 Å². The van der Waals surface area contributed by atoms with Crippen LogP contribution in [0.5, 0.6) is 0 Å². The van der Waals surface area contributed by atoms with Crippen LogP contribution in [0.4, 0.5) is 0 Å². The molecule has 0 unspecified atom stereocenters. The molecule has 1 heteroatoms. The van der Waals surface area contributed by atoms with E-state index in [2.05, 4.69) is 95.3 Å². The summed E-state index contributed by atoms with van der Waals surface area (Å²) in [5, 5.41) is 0.604. The van der Waals surface area contributed by atoms with Crippen LogP contribution < -0.4 is 0 Å². The Balaban J connectivity index is 2.78. The van der Waals surface area contributed by atoms with Gasteiger partial charge in [-0.1, -0.05) is 71.0 Å². The van der Waals surface area contributed by atoms with E-state index in [1.54, 1.807) is 0 Å². The number of rotatable bonds is 3. The molecule has 0 aliphatic rings. The molecule has 0 aliphatic carbocycles. The first kappa shape index (κ1) is 15.2. The van der Waals surface area contributed by atoms with E-state index >= 15 is 0 Å². The lowest BCUT2D eigenvalue weighted by atomic mass is 10.2. The van der Waals surface area contributed by atoms with Gasteiger partial charge in [0.2, 0.25) is 0 Å². The molecule has 0 saturated carbocycles. The average molecular weight is 286 g/mol. The first-order valence-corrected chi connectivity index (χ1v) is 9.02. The summed E-state index contributed by atoms with van der Waals surface area (Å²) in [5.74, 6) is 0. The minimum absolute atomic E-state index is 0.226. The lowest BCUT2D eigenvalue weighted by molar-refractivity contribution is 0.764. The van der Waals surface area contributed by atoms with Crippen LogP contribution in [0.25, 0.3) is 0 Å². The summed E-state index contributed by atoms with van der Waals surface area (Å²) in [4.78, 5) is 2.99. The third kappa shape index (κ3) is 2.40. The molecule has 0 aromatic heterocycles. The summed E-state index contributed by atoms with van der Waals surface area (Å²) in [6.07, 6.45) is 0. The molecular weight excluding hydrogens is 260 g/mol. The summed E-state index contributed by atoms with van der Waals surface area (Å²) in [7, 11) is -1.09. The van der Waals surface area contributed by atoms with Gasteiger partial charge in [-0.05, 0) is 44.1 Å². The predicted molar refractivity (Wildman–Crippen MR) is 91.9 cm³/mol. The topological polar surface area (TPSA) is 0 Å². The Morgan fingerprint density at radius 3 is 1.30 bits per heavy atom. The molecule has 0 fully saturated rings. The second-order valence-corrected chi connectivity index (χ2v) is 10.9. The molecule has 20 heavy (non-hydrogen) atoms. The molecule has 0 amide bonds. The summed E-state index contributed by atoms with van der Waals surface area (Å²) in [6, 6.07) is 22.2. The molecular formula is C19H26S. The molecule has 0 nitrogen and oxygen atoms in total. The van der Waals surface area contributed by atoms with Crippen molar-refractivity contribution >= 4 is 10.0 Å². The Labute approximate surface area is 125 Å². The monoisotopic (exact) mass is 286 g/mol. The van der Waals surface area contributed by atoms with Crippen molar-refractivity contribution in [2.24, 2.45) is 0 Å². The number of hydrogen-bond acceptors (Lipinski definition) is 0. The zero-order valence-electron chi connectivity index (χ0n) is 13.3. The molecule has 0 atom stereocenters. The van der Waals surface area contributed by atoms with E-state index in [4.69, 9.17) is 0 Å². The Kier molecular flexibility index (Phi) is 4.29. The van der Waals surface area contributed by atoms with E-state index in [0.717, 1.165) is 0 Å². The lowest BCUT2D eigenvalue weighted by Gasteiger charge is -2.54. The van der Waals surface area contributed by atoms with E-state index in [9.17, 15) is 0 Å². The van der Waals surface area contributed by atoms with E-state index in [1.807, 2.05) is 0 Å². The molecule has 2 rings (SSSR count). The Morgan fingerprint density at radius 1 is 0.700 bits per heavy atom. The maximum absolute atomic E-state index is 2.39. The van der Waals surface area contributed by atoms with Crippen molar-refractivity contribution in [2.75, 3.05) is 0 Å². The third-order valence-corrected chi connectivity index (χ3v) is 9.28. The van der Waals surface area contributed by atoms with Crippen LogP contribution in [-0.4, -0.2) is 10.00 Å². The van der Waals surface area contributed by atoms with Gasteiger partial charge in [-0.2, -0.15) is 10.0 Å². The fourth-order valence-electron chi connectivity index (χ4n) is 3.36. The van der Waals surface area contributed by atoms with Crippen molar-refractivity contribution in [2.45, 2.75) is 54.4 Å². The SMILES string of the molecule is CC(C)S(c1ccccc1)(c1ccccc1)C(C)(C)C. The largest absolute Gasteiger partial charge is 0.180 e. The highest BCUT2D eigenvalue weighted by Gasteiger charge is 2.42. The second-order valence-electron chi connectivity index (χ2n) is 6.45. The van der Waals surface area contributed by atoms with Crippen LogP contribution in [-0.2, 0) is 0 Å². The maximum atomic E-state index is 2.39. The van der Waals surface area contributed by atoms with Gasteiger partial charge in [0.1, 0.15) is 0 Å². The molecule has 2 aromatic carbocycles. The smallest absolute Gasteiger partial charge is 0.000289 e. The highest BCUT2D eigenvalue weighted by molar-refractivity contribution is 8.35. The number of benzene rings is 2. The molecule has 0 heterocycles. The molecule has 2 aromatic rings. The van der Waals surface area contributed by atoms with Gasteiger partial charge < -0.3 is 0 Å². The van der Waals surface area contributed by atoms with Gasteiger partial charge in [0.25, 0.3) is 0 Å². The summed E-state index contributed by atoms with van der Waals surface area (Å²) < 4.78 is 0.226. The zero-order valence-corrected chi connectivity index (χ0v) is 14.1. The van der Waals surface area contributed by atoms with Gasteiger partial charge in [-0.25, -0.2) is 0 Å². The van der Waals surface area contributed by atoms with Crippen LogP contribution in [0.3, 0.4) is 0 Å². The lowest BCUT2D eigenvalue weighted by Crippen LogP contribution is -2.31. The van der Waals surface area contributed by atoms with Gasteiger partial charge >= 0.3 is 0 Å². The molecule has 108 valence electrons. The Hall–Kier alpha value is -1.21. The predicted octanol–water partition coefficient (Wildman–Crippen LogP) is 6.12. The van der Waals surface area contributed by atoms with Crippen LogP contribution in [0, 0.1) is 0 Å². The normalized spacial score (nSPS) is 13.5. The van der Waals surface area contributed by atoms with Crippen molar-refractivity contribution in [1.82, 2.24) is 0 Å². The average Bonchev–Trinajstić information content (AvgIpc) is 2.40. The minimum atomic E-state index is -1.09. The zero-order chi connectivity index (χ0) is 14.8. The van der Waals surface area contributed by atoms with Gasteiger partial charge in [0.15, 0.2) is 0 Å². The number of hydrogen-bond donors (Lipinski definition) is 0. The second kappa shape index (κ2) is 5.65. The van der Waals surface area contributed by atoms with E-state index in [1.165, 1.54) is 9.79 Å². The Bertz CT molecular complexity index is 495. The summed E-state index contributed by atoms with van der Waals surface area (Å²) in [5.41, 5.74) is 0. The highest BCUT2D eigenvalue weighted by atomic mass is 32.3. The first-order valence-electron chi connectivity index (χ1n) is 7.32. The highest BCUT2D eigenvalue weighted by Crippen LogP contribution is 2.73. The Morgan fingerprint density at radius 2 is 1.05 bits per heavy atom. The van der Waals surface area contributed by atoms with Crippen LogP contribution in [0.2, 0.25) is 0 Å². The van der Waals surface area contributed by atoms with Crippen molar-refractivity contribution in [3.63, 3.8) is 0 Å². The summed E-state index contributed by atoms with van der Waals surface area (Å²) in [6.45, 7) is 11.9. The van der Waals surface area contributed by atoms with Crippen molar-refractivity contribution in [1.29, 1.82) is 0 Å². The quantitative estimate of drug-likeness (QED) is 0.638. The van der Waals surface area contributed by atoms with Gasteiger partial charge in [0, 0.05) is 0 Å². The molecule has 0 radical (unpaired) electrons. The standard InChI is InChI=1S/C19H26S/c1-16(2)20(19(3,4)5,17-12-8-6-9-13-17)18-14-10-7-11-15-18/h6-16H,1-5H3. The minimum Gasteiger partial charge on any atom is -0.180 e. The molecule has 0 saturated heterocycles. The molecule has 0 spiro atoms. The van der Waals surface area contributed by atoms with E-state index < -0.39 is 10.0 Å². The van der Waals surface area contributed by atoms with Crippen LogP contribution in [0.15, 0.2) is 70.5 Å². The van der Waals surface area contributed by atoms with Gasteiger partial charge in [-0.15, -0.1) is 0 Å². The molecule has 0 aliphatic heterocycles. The van der Waals surface area contributed by atoms with E-state index in [-0.39, 0.29) is 4.75 Å². The maximum Gasteiger partial charge on any atom is -0.000289 e. The molecule has 0 N–H and O–H groups in total. The fourth-order valence-corrected chi connectivity index (χ4v) is 8.73. The summed E-state index contributed by atoms with van der Waals surface area (Å²) >= 11 is 0. The third-order valence-electron chi connectivity index (χ3n) is 3.90. The van der Waals surface area contributed by atoms with Gasteiger partial charge in [0.05, 0.1) is 0 Å². The first-order chi connectivity index (χ1) is 9.40. The van der Waals surface area contributed by atoms with Crippen molar-refractivity contribution in [3.05, 3.63) is 60.7 Å². The molecule has 0 bridgehead atoms. The van der Waals surface area contributed by atoms with Crippen LogP contribution in [0.1, 0.15) is 34.6 Å². The fraction of sp³-hybridized carbons (Fsp3) is 0.368. The van der Waals surface area contributed by atoms with Gasteiger partial charge in [-0.3, -0.25) is 0 Å². The van der Waals surface area contributed by atoms with Crippen molar-refractivity contribution in [3.8, 4) is 0 Å². The van der Waals surface area contributed by atoms with E-state index in [0.29, 0.717) is 5.25 Å². The van der Waals surface area contributed by atoms with Crippen LogP contribution >= 0.6 is 10.0 Å².